The van der Waals surface area contributed by atoms with Gasteiger partial charge in [0.2, 0.25) is 5.91 Å². The van der Waals surface area contributed by atoms with Gasteiger partial charge in [0.15, 0.2) is 0 Å². The number of hydrogen-bond acceptors (Lipinski definition) is 3. The summed E-state index contributed by atoms with van der Waals surface area (Å²) in [7, 11) is 0. The highest BCUT2D eigenvalue weighted by Gasteiger charge is 2.19. The zero-order valence-corrected chi connectivity index (χ0v) is 33.7. The third kappa shape index (κ3) is 37.9. The molecule has 294 valence electrons. The Morgan fingerprint density at radius 3 is 1.22 bits per heavy atom. The fraction of sp³-hybridized carbons (Fsp3) is 0.848. The maximum absolute atomic E-state index is 12.3. The van der Waals surface area contributed by atoms with Crippen LogP contribution in [0.5, 0.6) is 0 Å². The van der Waals surface area contributed by atoms with E-state index in [0.717, 1.165) is 38.5 Å². The number of amides is 1. The summed E-state index contributed by atoms with van der Waals surface area (Å²) in [5, 5.41) is 22.9. The first-order valence-electron chi connectivity index (χ1n) is 22.2. The Morgan fingerprint density at radius 1 is 0.480 bits per heavy atom. The van der Waals surface area contributed by atoms with Crippen molar-refractivity contribution in [2.24, 2.45) is 0 Å². The van der Waals surface area contributed by atoms with E-state index in [9.17, 15) is 15.0 Å². The van der Waals surface area contributed by atoms with Gasteiger partial charge in [-0.2, -0.15) is 0 Å². The summed E-state index contributed by atoms with van der Waals surface area (Å²) < 4.78 is 0. The molecule has 0 aliphatic carbocycles. The number of aliphatic hydroxyl groups excluding tert-OH is 2. The highest BCUT2D eigenvalue weighted by atomic mass is 16.3. The summed E-state index contributed by atoms with van der Waals surface area (Å²) in [6.07, 6.45) is 55.4. The first-order chi connectivity index (χ1) is 24.7. The van der Waals surface area contributed by atoms with Gasteiger partial charge in [-0.1, -0.05) is 211 Å². The molecule has 2 atom stereocenters. The van der Waals surface area contributed by atoms with E-state index in [2.05, 4.69) is 55.6 Å². The molecule has 0 aromatic rings. The van der Waals surface area contributed by atoms with Crippen LogP contribution in [0.4, 0.5) is 0 Å². The summed E-state index contributed by atoms with van der Waals surface area (Å²) in [6.45, 7) is 4.30. The SMILES string of the molecule is CCCCCCC/C=C\C/C=C\C/C=C\CCCCCCCCCCCCCCCCCCC(=O)NC(CO)C(O)CCCCCCCCC. The Kier molecular flexibility index (Phi) is 40.9. The second-order valence-electron chi connectivity index (χ2n) is 15.1. The van der Waals surface area contributed by atoms with Crippen LogP contribution >= 0.6 is 0 Å². The number of nitrogens with one attached hydrogen (secondary N) is 1. The molecule has 0 spiro atoms. The molecular weight excluding hydrogens is 615 g/mol. The monoisotopic (exact) mass is 702 g/mol. The lowest BCUT2D eigenvalue weighted by Crippen LogP contribution is -2.45. The second kappa shape index (κ2) is 42.0. The van der Waals surface area contributed by atoms with Gasteiger partial charge < -0.3 is 15.5 Å². The molecule has 4 heteroatoms. The third-order valence-corrected chi connectivity index (χ3v) is 10.2. The van der Waals surface area contributed by atoms with Gasteiger partial charge in [-0.3, -0.25) is 4.79 Å². The lowest BCUT2D eigenvalue weighted by Gasteiger charge is -2.22. The zero-order chi connectivity index (χ0) is 36.4. The summed E-state index contributed by atoms with van der Waals surface area (Å²) in [5.74, 6) is -0.0352. The topological polar surface area (TPSA) is 69.6 Å². The number of hydrogen-bond donors (Lipinski definition) is 3. The van der Waals surface area contributed by atoms with Crippen molar-refractivity contribution in [3.63, 3.8) is 0 Å². The minimum absolute atomic E-state index is 0.0352. The van der Waals surface area contributed by atoms with Gasteiger partial charge in [-0.25, -0.2) is 0 Å². The van der Waals surface area contributed by atoms with Crippen LogP contribution in [-0.2, 0) is 4.79 Å². The lowest BCUT2D eigenvalue weighted by molar-refractivity contribution is -0.123. The third-order valence-electron chi connectivity index (χ3n) is 10.2. The van der Waals surface area contributed by atoms with Crippen molar-refractivity contribution in [2.75, 3.05) is 6.61 Å². The van der Waals surface area contributed by atoms with E-state index < -0.39 is 12.1 Å². The molecule has 0 saturated carbocycles. The zero-order valence-electron chi connectivity index (χ0n) is 33.7. The van der Waals surface area contributed by atoms with Crippen molar-refractivity contribution in [3.8, 4) is 0 Å². The smallest absolute Gasteiger partial charge is 0.220 e. The van der Waals surface area contributed by atoms with Crippen molar-refractivity contribution < 1.29 is 15.0 Å². The van der Waals surface area contributed by atoms with Crippen molar-refractivity contribution in [2.45, 2.75) is 244 Å². The van der Waals surface area contributed by atoms with Crippen molar-refractivity contribution in [1.29, 1.82) is 0 Å². The number of allylic oxidation sites excluding steroid dienone is 6. The van der Waals surface area contributed by atoms with E-state index in [1.807, 2.05) is 0 Å². The Balaban J connectivity index is 3.41. The van der Waals surface area contributed by atoms with Gasteiger partial charge in [0.25, 0.3) is 0 Å². The normalized spacial score (nSPS) is 13.3. The second-order valence-corrected chi connectivity index (χ2v) is 15.1. The van der Waals surface area contributed by atoms with Crippen LogP contribution < -0.4 is 5.32 Å². The average Bonchev–Trinajstić information content (AvgIpc) is 3.12. The van der Waals surface area contributed by atoms with Crippen LogP contribution in [0, 0.1) is 0 Å². The Morgan fingerprint density at radius 2 is 0.820 bits per heavy atom. The largest absolute Gasteiger partial charge is 0.394 e. The van der Waals surface area contributed by atoms with Gasteiger partial charge in [-0.15, -0.1) is 0 Å². The van der Waals surface area contributed by atoms with Gasteiger partial charge in [0.05, 0.1) is 18.8 Å². The molecule has 0 aromatic carbocycles. The van der Waals surface area contributed by atoms with E-state index in [4.69, 9.17) is 0 Å². The quantitative estimate of drug-likeness (QED) is 0.0440. The van der Waals surface area contributed by atoms with Crippen LogP contribution in [0.2, 0.25) is 0 Å². The molecule has 4 nitrogen and oxygen atoms in total. The van der Waals surface area contributed by atoms with E-state index in [1.54, 1.807) is 0 Å². The summed E-state index contributed by atoms with van der Waals surface area (Å²) in [6, 6.07) is -0.532. The average molecular weight is 702 g/mol. The van der Waals surface area contributed by atoms with E-state index >= 15 is 0 Å². The molecular formula is C46H87NO3. The van der Waals surface area contributed by atoms with Crippen LogP contribution in [0.1, 0.15) is 232 Å². The summed E-state index contributed by atoms with van der Waals surface area (Å²) in [5.41, 5.74) is 0. The minimum atomic E-state index is -0.654. The van der Waals surface area contributed by atoms with E-state index in [1.165, 1.54) is 167 Å². The minimum Gasteiger partial charge on any atom is -0.394 e. The molecule has 1 amide bonds. The number of carbonyl (C=O) groups excluding carboxylic acids is 1. The fourth-order valence-electron chi connectivity index (χ4n) is 6.72. The maximum atomic E-state index is 12.3. The number of aliphatic hydroxyl groups is 2. The van der Waals surface area contributed by atoms with E-state index in [-0.39, 0.29) is 12.5 Å². The predicted octanol–water partition coefficient (Wildman–Crippen LogP) is 13.8. The fourth-order valence-corrected chi connectivity index (χ4v) is 6.72. The number of carbonyl (C=O) groups is 1. The van der Waals surface area contributed by atoms with Gasteiger partial charge >= 0.3 is 0 Å². The van der Waals surface area contributed by atoms with E-state index in [0.29, 0.717) is 12.8 Å². The maximum Gasteiger partial charge on any atom is 0.220 e. The van der Waals surface area contributed by atoms with Crippen molar-refractivity contribution >= 4 is 5.91 Å². The Bertz CT molecular complexity index is 760. The number of unbranched alkanes of at least 4 members (excludes halogenated alkanes) is 27. The van der Waals surface area contributed by atoms with Gasteiger partial charge in [0, 0.05) is 6.42 Å². The molecule has 0 fully saturated rings. The van der Waals surface area contributed by atoms with Crippen LogP contribution in [0.3, 0.4) is 0 Å². The highest BCUT2D eigenvalue weighted by molar-refractivity contribution is 5.76. The van der Waals surface area contributed by atoms with Crippen molar-refractivity contribution in [1.82, 2.24) is 5.32 Å². The van der Waals surface area contributed by atoms with Crippen molar-refractivity contribution in [3.05, 3.63) is 36.5 Å². The molecule has 3 N–H and O–H groups in total. The van der Waals surface area contributed by atoms with Crippen LogP contribution in [0.25, 0.3) is 0 Å². The molecule has 0 aliphatic heterocycles. The summed E-state index contributed by atoms with van der Waals surface area (Å²) in [4.78, 5) is 12.3. The van der Waals surface area contributed by atoms with Crippen LogP contribution in [-0.4, -0.2) is 34.9 Å². The molecule has 0 aromatic heterocycles. The van der Waals surface area contributed by atoms with Gasteiger partial charge in [0.1, 0.15) is 0 Å². The molecule has 0 heterocycles. The molecule has 0 aliphatic rings. The molecule has 50 heavy (non-hydrogen) atoms. The molecule has 0 rings (SSSR count). The molecule has 2 unspecified atom stereocenters. The first kappa shape index (κ1) is 48.6. The Hall–Kier alpha value is -1.39. The highest BCUT2D eigenvalue weighted by Crippen LogP contribution is 2.15. The molecule has 0 bridgehead atoms. The molecule has 0 saturated heterocycles. The summed E-state index contributed by atoms with van der Waals surface area (Å²) >= 11 is 0. The standard InChI is InChI=1S/C46H87NO3/c1-3-5-7-9-11-12-13-14-15-16-17-18-19-20-21-22-23-24-25-26-27-28-29-30-31-32-33-34-36-38-40-42-46(50)47-44(43-48)45(49)41-39-37-35-10-8-6-4-2/h13-14,16-17,19-20,44-45,48-49H,3-12,15,18,21-43H2,1-2H3,(H,47,50)/b14-13-,17-16-,20-19-. The lowest BCUT2D eigenvalue weighted by atomic mass is 10.0. The Labute approximate surface area is 312 Å². The molecule has 0 radical (unpaired) electrons. The predicted molar refractivity (Wildman–Crippen MR) is 221 cm³/mol. The number of rotatable bonds is 40. The first-order valence-corrected chi connectivity index (χ1v) is 22.2. The van der Waals surface area contributed by atoms with Gasteiger partial charge in [-0.05, 0) is 51.4 Å². The van der Waals surface area contributed by atoms with Crippen LogP contribution in [0.15, 0.2) is 36.5 Å².